The Morgan fingerprint density at radius 1 is 1.04 bits per heavy atom. The van der Waals surface area contributed by atoms with E-state index in [0.717, 1.165) is 29.6 Å². The average molecular weight is 391 g/mol. The van der Waals surface area contributed by atoms with Gasteiger partial charge in [0.05, 0.1) is 0 Å². The van der Waals surface area contributed by atoms with Gasteiger partial charge in [0.1, 0.15) is 0 Å². The lowest BCUT2D eigenvalue weighted by Crippen LogP contribution is -2.50. The van der Waals surface area contributed by atoms with Crippen LogP contribution < -0.4 is 0 Å². The fourth-order valence-corrected chi connectivity index (χ4v) is 8.42. The van der Waals surface area contributed by atoms with Crippen LogP contribution in [-0.2, 0) is 0 Å². The monoisotopic (exact) mass is 390 g/mol. The van der Waals surface area contributed by atoms with Crippen molar-refractivity contribution in [3.63, 3.8) is 0 Å². The molecule has 4 aliphatic carbocycles. The maximum atomic E-state index is 6.54. The molecule has 0 bridgehead atoms. The van der Waals surface area contributed by atoms with Crippen LogP contribution in [0.4, 0.5) is 0 Å². The molecule has 0 saturated heterocycles. The predicted octanol–water partition coefficient (Wildman–Crippen LogP) is 8.39. The first kappa shape index (κ1) is 20.3. The number of fused-ring (bicyclic) bond motifs is 5. The van der Waals surface area contributed by atoms with Crippen molar-refractivity contribution >= 4 is 11.6 Å². The van der Waals surface area contributed by atoms with Crippen LogP contribution in [0, 0.1) is 40.4 Å². The zero-order valence-corrected chi connectivity index (χ0v) is 19.2. The molecule has 1 unspecified atom stereocenters. The summed E-state index contributed by atoms with van der Waals surface area (Å²) in [7, 11) is 0. The molecule has 4 aliphatic rings. The molecular weight excluding hydrogens is 348 g/mol. The van der Waals surface area contributed by atoms with Crippen molar-refractivity contribution in [2.75, 3.05) is 0 Å². The van der Waals surface area contributed by atoms with Crippen LogP contribution in [0.3, 0.4) is 0 Å². The van der Waals surface area contributed by atoms with Crippen LogP contribution in [0.25, 0.3) is 0 Å². The summed E-state index contributed by atoms with van der Waals surface area (Å²) < 4.78 is 0. The highest BCUT2D eigenvalue weighted by molar-refractivity contribution is 6.20. The van der Waals surface area contributed by atoms with Gasteiger partial charge in [0.2, 0.25) is 0 Å². The van der Waals surface area contributed by atoms with Crippen molar-refractivity contribution in [3.8, 4) is 0 Å². The minimum Gasteiger partial charge on any atom is -0.123 e. The van der Waals surface area contributed by atoms with Gasteiger partial charge in [-0.25, -0.2) is 0 Å². The standard InChI is InChI=1S/C26H43Cl/c1-18(2)7-5-6-8-19-10-12-23-22-11-9-20-17-21(27)13-15-26(20,4)24(22)14-16-25(19,23)3/h9,18-19,21-24H,5-8,10-17H2,1-4H3/t19-,21?,22-,23-,24-,25+,26-/m0/s1. The molecule has 27 heavy (non-hydrogen) atoms. The molecule has 3 fully saturated rings. The number of halogens is 1. The SMILES string of the molecule is CC(C)CCCC[C@H]1CC[C@H]2[C@@H]3CC=C4CC(Cl)CC[C@]4(C)[C@H]3CC[C@]12C. The minimum atomic E-state index is 0.399. The van der Waals surface area contributed by atoms with Crippen molar-refractivity contribution in [3.05, 3.63) is 11.6 Å². The summed E-state index contributed by atoms with van der Waals surface area (Å²) in [4.78, 5) is 0. The Bertz CT molecular complexity index is 563. The second kappa shape index (κ2) is 7.70. The quantitative estimate of drug-likeness (QED) is 0.251. The Balaban J connectivity index is 1.46. The number of rotatable bonds is 5. The van der Waals surface area contributed by atoms with E-state index in [2.05, 4.69) is 33.8 Å². The van der Waals surface area contributed by atoms with Gasteiger partial charge in [-0.15, -0.1) is 11.6 Å². The molecule has 1 heteroatoms. The second-order valence-corrected chi connectivity index (χ2v) is 12.2. The van der Waals surface area contributed by atoms with Crippen molar-refractivity contribution < 1.29 is 0 Å². The third-order valence-electron chi connectivity index (χ3n) is 9.82. The van der Waals surface area contributed by atoms with E-state index in [1.807, 2.05) is 0 Å². The van der Waals surface area contributed by atoms with Gasteiger partial charge in [-0.3, -0.25) is 0 Å². The van der Waals surface area contributed by atoms with E-state index in [4.69, 9.17) is 11.6 Å². The van der Waals surface area contributed by atoms with Crippen LogP contribution in [0.1, 0.15) is 105 Å². The highest BCUT2D eigenvalue weighted by Gasteiger charge is 2.58. The average Bonchev–Trinajstić information content (AvgIpc) is 2.96. The lowest BCUT2D eigenvalue weighted by molar-refractivity contribution is -0.0423. The first-order valence-corrected chi connectivity index (χ1v) is 12.6. The summed E-state index contributed by atoms with van der Waals surface area (Å²) in [6, 6.07) is 0. The van der Waals surface area contributed by atoms with E-state index in [-0.39, 0.29) is 0 Å². The van der Waals surface area contributed by atoms with E-state index < -0.39 is 0 Å². The summed E-state index contributed by atoms with van der Waals surface area (Å²) in [6.07, 6.45) is 19.6. The molecule has 0 aromatic heterocycles. The van der Waals surface area contributed by atoms with Gasteiger partial charge in [0.15, 0.2) is 0 Å². The molecule has 3 saturated carbocycles. The fourth-order valence-electron chi connectivity index (χ4n) is 8.14. The van der Waals surface area contributed by atoms with E-state index in [0.29, 0.717) is 16.2 Å². The Hall–Kier alpha value is 0.0300. The van der Waals surface area contributed by atoms with Crippen molar-refractivity contribution in [1.29, 1.82) is 0 Å². The van der Waals surface area contributed by atoms with Crippen LogP contribution in [0.2, 0.25) is 0 Å². The summed E-state index contributed by atoms with van der Waals surface area (Å²) in [6.45, 7) is 10.1. The first-order valence-electron chi connectivity index (χ1n) is 12.2. The predicted molar refractivity (Wildman–Crippen MR) is 118 cm³/mol. The van der Waals surface area contributed by atoms with E-state index >= 15 is 0 Å². The van der Waals surface area contributed by atoms with Gasteiger partial charge in [0.25, 0.3) is 0 Å². The second-order valence-electron chi connectivity index (χ2n) is 11.6. The van der Waals surface area contributed by atoms with Crippen molar-refractivity contribution in [2.24, 2.45) is 40.4 Å². The molecule has 0 nitrogen and oxygen atoms in total. The number of unbranched alkanes of at least 4 members (excludes halogenated alkanes) is 1. The molecule has 0 radical (unpaired) electrons. The summed E-state index contributed by atoms with van der Waals surface area (Å²) in [5.74, 6) is 4.78. The normalized spacial score (nSPS) is 46.6. The maximum absolute atomic E-state index is 6.54. The largest absolute Gasteiger partial charge is 0.123 e. The highest BCUT2D eigenvalue weighted by Crippen LogP contribution is 2.66. The molecule has 0 aromatic rings. The molecule has 0 aromatic carbocycles. The molecule has 0 N–H and O–H groups in total. The first-order chi connectivity index (χ1) is 12.8. The highest BCUT2D eigenvalue weighted by atomic mass is 35.5. The topological polar surface area (TPSA) is 0 Å². The summed E-state index contributed by atoms with van der Waals surface area (Å²) in [5.41, 5.74) is 2.86. The van der Waals surface area contributed by atoms with Gasteiger partial charge in [0, 0.05) is 5.38 Å². The summed E-state index contributed by atoms with van der Waals surface area (Å²) in [5, 5.41) is 0.399. The summed E-state index contributed by atoms with van der Waals surface area (Å²) >= 11 is 6.54. The minimum absolute atomic E-state index is 0.399. The van der Waals surface area contributed by atoms with E-state index in [1.54, 1.807) is 5.57 Å². The van der Waals surface area contributed by atoms with E-state index in [9.17, 15) is 0 Å². The van der Waals surface area contributed by atoms with Crippen LogP contribution in [0.15, 0.2) is 11.6 Å². The maximum Gasteiger partial charge on any atom is 0.0373 e. The number of hydrogen-bond acceptors (Lipinski definition) is 0. The fraction of sp³-hybridized carbons (Fsp3) is 0.923. The van der Waals surface area contributed by atoms with Crippen LogP contribution in [0.5, 0.6) is 0 Å². The van der Waals surface area contributed by atoms with Gasteiger partial charge in [-0.05, 0) is 98.2 Å². The van der Waals surface area contributed by atoms with Gasteiger partial charge in [-0.1, -0.05) is 58.6 Å². The Morgan fingerprint density at radius 2 is 1.85 bits per heavy atom. The van der Waals surface area contributed by atoms with Gasteiger partial charge < -0.3 is 0 Å². The number of hydrogen-bond donors (Lipinski definition) is 0. The van der Waals surface area contributed by atoms with Gasteiger partial charge in [-0.2, -0.15) is 0 Å². The lowest BCUT2D eigenvalue weighted by atomic mass is 9.47. The van der Waals surface area contributed by atoms with Crippen LogP contribution >= 0.6 is 11.6 Å². The Kier molecular flexibility index (Phi) is 5.79. The smallest absolute Gasteiger partial charge is 0.0373 e. The Morgan fingerprint density at radius 3 is 2.63 bits per heavy atom. The van der Waals surface area contributed by atoms with E-state index in [1.165, 1.54) is 77.0 Å². The number of allylic oxidation sites excluding steroid dienone is 2. The molecule has 7 atom stereocenters. The molecule has 0 aliphatic heterocycles. The molecule has 0 amide bonds. The van der Waals surface area contributed by atoms with Crippen molar-refractivity contribution in [1.82, 2.24) is 0 Å². The van der Waals surface area contributed by atoms with Crippen LogP contribution in [-0.4, -0.2) is 5.38 Å². The Labute approximate surface area is 173 Å². The molecule has 4 rings (SSSR count). The zero-order chi connectivity index (χ0) is 19.2. The third-order valence-corrected chi connectivity index (χ3v) is 10.2. The molecule has 0 spiro atoms. The number of alkyl halides is 1. The van der Waals surface area contributed by atoms with Gasteiger partial charge >= 0.3 is 0 Å². The zero-order valence-electron chi connectivity index (χ0n) is 18.4. The third kappa shape index (κ3) is 3.55. The molecular formula is C26H43Cl. The molecule has 154 valence electrons. The molecule has 0 heterocycles. The lowest BCUT2D eigenvalue weighted by Gasteiger charge is -2.58. The van der Waals surface area contributed by atoms with Crippen molar-refractivity contribution in [2.45, 2.75) is 110 Å².